The smallest absolute Gasteiger partial charge is 0.324 e. The monoisotopic (exact) mass is 516 g/mol. The van der Waals surface area contributed by atoms with Crippen LogP contribution in [0, 0.1) is 34.0 Å². The number of carbonyl (C=O) groups excluding carboxylic acids is 3. The highest BCUT2D eigenvalue weighted by atomic mass is 16.7. The van der Waals surface area contributed by atoms with Crippen molar-refractivity contribution in [2.75, 3.05) is 13.7 Å². The fourth-order valence-corrected chi connectivity index (χ4v) is 7.39. The molecule has 1 saturated heterocycles. The summed E-state index contributed by atoms with van der Waals surface area (Å²) < 4.78 is 23.4. The van der Waals surface area contributed by atoms with Crippen molar-refractivity contribution in [3.63, 3.8) is 0 Å². The summed E-state index contributed by atoms with van der Waals surface area (Å²) in [5.74, 6) is -3.07. The van der Waals surface area contributed by atoms with Gasteiger partial charge in [0.05, 0.1) is 19.1 Å². The second-order valence-electron chi connectivity index (χ2n) is 13.1. The van der Waals surface area contributed by atoms with Crippen molar-refractivity contribution in [1.29, 1.82) is 0 Å². The topological polar surface area (TPSA) is 108 Å². The van der Waals surface area contributed by atoms with E-state index in [0.29, 0.717) is 30.4 Å². The summed E-state index contributed by atoms with van der Waals surface area (Å²) in [6.07, 6.45) is 3.00. The van der Waals surface area contributed by atoms with E-state index < -0.39 is 52.3 Å². The lowest BCUT2D eigenvalue weighted by molar-refractivity contribution is -0.304. The number of hydrogen-bond donors (Lipinski definition) is 1. The summed E-state index contributed by atoms with van der Waals surface area (Å²) >= 11 is 0. The number of methoxy groups -OCH3 is 1. The van der Waals surface area contributed by atoms with Gasteiger partial charge in [-0.15, -0.1) is 0 Å². The Hall–Kier alpha value is -2.03. The number of fused-ring (bicyclic) bond motifs is 3. The molecule has 2 unspecified atom stereocenters. The molecule has 0 aromatic heterocycles. The van der Waals surface area contributed by atoms with Crippen molar-refractivity contribution < 1.29 is 38.4 Å². The Balaban J connectivity index is 1.70. The molecule has 4 aliphatic carbocycles. The van der Waals surface area contributed by atoms with Crippen molar-refractivity contribution in [2.45, 2.75) is 91.3 Å². The number of Topliss-reactive ketones (excluding diaryl/α,β-unsaturated/α-hetero) is 1. The minimum Gasteiger partial charge on any atom is -0.468 e. The zero-order chi connectivity index (χ0) is 27.3. The molecule has 1 spiro atoms. The van der Waals surface area contributed by atoms with Gasteiger partial charge in [-0.2, -0.15) is 0 Å². The first kappa shape index (κ1) is 26.6. The van der Waals surface area contributed by atoms with E-state index in [-0.39, 0.29) is 29.6 Å². The fourth-order valence-electron chi connectivity index (χ4n) is 7.39. The number of carbonyl (C=O) groups is 3. The molecule has 1 N–H and O–H groups in total. The first-order valence-electron chi connectivity index (χ1n) is 13.4. The van der Waals surface area contributed by atoms with E-state index in [1.165, 1.54) is 7.11 Å². The maximum absolute atomic E-state index is 14.7. The zero-order valence-corrected chi connectivity index (χ0v) is 23.2. The largest absolute Gasteiger partial charge is 0.468 e. The normalized spacial score (nSPS) is 42.7. The summed E-state index contributed by atoms with van der Waals surface area (Å²) in [4.78, 5) is 40.6. The van der Waals surface area contributed by atoms with Crippen molar-refractivity contribution in [1.82, 2.24) is 0 Å². The number of ketones is 1. The highest BCUT2D eigenvalue weighted by Crippen LogP contribution is 2.64. The third-order valence-electron chi connectivity index (χ3n) is 10.2. The predicted molar refractivity (Wildman–Crippen MR) is 133 cm³/mol. The molecule has 3 fully saturated rings. The van der Waals surface area contributed by atoms with Crippen LogP contribution in [0.4, 0.5) is 0 Å². The fraction of sp³-hybridized carbons (Fsp3) is 0.759. The van der Waals surface area contributed by atoms with Gasteiger partial charge in [0.2, 0.25) is 0 Å². The number of ether oxygens (including phenoxy) is 4. The molecular formula is C29H40O8. The Morgan fingerprint density at radius 3 is 2.32 bits per heavy atom. The van der Waals surface area contributed by atoms with Gasteiger partial charge in [-0.1, -0.05) is 39.8 Å². The molecule has 0 amide bonds. The van der Waals surface area contributed by atoms with Crippen LogP contribution < -0.4 is 0 Å². The van der Waals surface area contributed by atoms with Crippen LogP contribution in [-0.4, -0.2) is 60.1 Å². The summed E-state index contributed by atoms with van der Waals surface area (Å²) in [7, 11) is 1.24. The lowest BCUT2D eigenvalue weighted by Gasteiger charge is -2.52. The molecule has 2 saturated carbocycles. The Bertz CT molecular complexity index is 1110. The summed E-state index contributed by atoms with van der Waals surface area (Å²) in [5, 5.41) is 13.0. The second-order valence-corrected chi connectivity index (χ2v) is 13.1. The summed E-state index contributed by atoms with van der Waals surface area (Å²) in [6, 6.07) is 0. The molecule has 1 aliphatic heterocycles. The molecule has 8 heteroatoms. The van der Waals surface area contributed by atoms with Crippen LogP contribution in [0.1, 0.15) is 67.7 Å². The second kappa shape index (κ2) is 7.99. The molecule has 0 aromatic carbocycles. The molecule has 8 nitrogen and oxygen atoms in total. The van der Waals surface area contributed by atoms with Crippen molar-refractivity contribution in [3.8, 4) is 0 Å². The predicted octanol–water partition coefficient (Wildman–Crippen LogP) is 3.51. The first-order valence-corrected chi connectivity index (χ1v) is 13.4. The van der Waals surface area contributed by atoms with Gasteiger partial charge in [-0.05, 0) is 68.4 Å². The molecular weight excluding hydrogens is 476 g/mol. The standard InChI is InChI=1S/C29H40O8/c1-15-13-28-17(3)11-16(2)25(4,5)19(20(28)30)12-18-14-35-26(6,7)37-22(18)29(28,33)21(15)36-24(32)27(9-10-27)23(31)34-8/h12-13,16-17,19,21-22,33H,9-11,14H2,1-8H3/t16-,17?,19+,21-,22+,28?,29+/m0/s1. The van der Waals surface area contributed by atoms with Gasteiger partial charge in [0.15, 0.2) is 28.7 Å². The van der Waals surface area contributed by atoms with Crippen molar-refractivity contribution >= 4 is 17.7 Å². The minimum absolute atomic E-state index is 0.0906. The van der Waals surface area contributed by atoms with Crippen LogP contribution >= 0.6 is 0 Å². The molecule has 0 radical (unpaired) electrons. The third kappa shape index (κ3) is 3.34. The number of allylic oxidation sites excluding steroid dienone is 1. The number of rotatable bonds is 3. The van der Waals surface area contributed by atoms with Gasteiger partial charge >= 0.3 is 11.9 Å². The van der Waals surface area contributed by atoms with Gasteiger partial charge in [-0.25, -0.2) is 0 Å². The van der Waals surface area contributed by atoms with E-state index >= 15 is 0 Å². The summed E-state index contributed by atoms with van der Waals surface area (Å²) in [6.45, 7) is 13.9. The van der Waals surface area contributed by atoms with Crippen LogP contribution in [0.5, 0.6) is 0 Å². The maximum Gasteiger partial charge on any atom is 0.324 e. The highest BCUT2D eigenvalue weighted by molar-refractivity contribution is 6.03. The lowest BCUT2D eigenvalue weighted by atomic mass is 9.59. The van der Waals surface area contributed by atoms with E-state index in [9.17, 15) is 19.5 Å². The Morgan fingerprint density at radius 1 is 1.08 bits per heavy atom. The third-order valence-corrected chi connectivity index (χ3v) is 10.2. The van der Waals surface area contributed by atoms with Crippen LogP contribution in [0.15, 0.2) is 23.3 Å². The van der Waals surface area contributed by atoms with Crippen LogP contribution in [0.3, 0.4) is 0 Å². The Labute approximate surface area is 218 Å². The lowest BCUT2D eigenvalue weighted by Crippen LogP contribution is -2.68. The van der Waals surface area contributed by atoms with Crippen molar-refractivity contribution in [2.24, 2.45) is 34.0 Å². The molecule has 1 heterocycles. The molecule has 204 valence electrons. The minimum atomic E-state index is -1.92. The maximum atomic E-state index is 14.7. The van der Waals surface area contributed by atoms with E-state index in [0.717, 1.165) is 0 Å². The number of aliphatic hydroxyl groups is 1. The van der Waals surface area contributed by atoms with Gasteiger partial charge in [-0.3, -0.25) is 14.4 Å². The van der Waals surface area contributed by atoms with Crippen LogP contribution in [0.25, 0.3) is 0 Å². The Morgan fingerprint density at radius 2 is 1.73 bits per heavy atom. The number of esters is 2. The quantitative estimate of drug-likeness (QED) is 0.345. The van der Waals surface area contributed by atoms with Gasteiger partial charge < -0.3 is 24.1 Å². The average Bonchev–Trinajstić information content (AvgIpc) is 3.61. The SMILES string of the molecule is COC(=O)C1(C(=O)O[C@H]2C(C)=CC34C(=O)[C@@H](C=C5COC(C)(C)O[C@H]5[C@]23O)C(C)(C)[C@@H](C)CC4C)CC1. The molecule has 0 aromatic rings. The van der Waals surface area contributed by atoms with E-state index in [1.54, 1.807) is 20.8 Å². The molecule has 5 aliphatic rings. The highest BCUT2D eigenvalue weighted by Gasteiger charge is 2.75. The Kier molecular flexibility index (Phi) is 5.74. The van der Waals surface area contributed by atoms with Crippen molar-refractivity contribution in [3.05, 3.63) is 23.3 Å². The van der Waals surface area contributed by atoms with E-state index in [1.807, 2.05) is 19.1 Å². The first-order chi connectivity index (χ1) is 17.1. The molecule has 5 rings (SSSR count). The van der Waals surface area contributed by atoms with Gasteiger partial charge in [0, 0.05) is 5.92 Å². The van der Waals surface area contributed by atoms with Gasteiger partial charge in [0.25, 0.3) is 0 Å². The number of hydrogen-bond acceptors (Lipinski definition) is 8. The molecule has 37 heavy (non-hydrogen) atoms. The average molecular weight is 517 g/mol. The van der Waals surface area contributed by atoms with E-state index in [2.05, 4.69) is 20.8 Å². The van der Waals surface area contributed by atoms with Gasteiger partial charge in [0.1, 0.15) is 6.10 Å². The molecule has 7 atom stereocenters. The summed E-state index contributed by atoms with van der Waals surface area (Å²) in [5.41, 5.74) is -3.76. The van der Waals surface area contributed by atoms with Crippen LogP contribution in [-0.2, 0) is 33.3 Å². The van der Waals surface area contributed by atoms with Crippen LogP contribution in [0.2, 0.25) is 0 Å². The van der Waals surface area contributed by atoms with E-state index in [4.69, 9.17) is 18.9 Å². The molecule has 2 bridgehead atoms. The zero-order valence-electron chi connectivity index (χ0n) is 23.2.